The van der Waals surface area contributed by atoms with E-state index in [2.05, 4.69) is 32.9 Å². The average molecular weight is 201 g/mol. The third-order valence-corrected chi connectivity index (χ3v) is 2.93. The molecule has 0 aromatic heterocycles. The van der Waals surface area contributed by atoms with Gasteiger partial charge in [0.05, 0.1) is 11.6 Å². The van der Waals surface area contributed by atoms with Crippen LogP contribution < -0.4 is 0 Å². The van der Waals surface area contributed by atoms with Gasteiger partial charge in [-0.1, -0.05) is 51.8 Å². The SMILES string of the molecule is CCCCC(C)(C)c1ccccc1C#N. The van der Waals surface area contributed by atoms with E-state index in [4.69, 9.17) is 5.26 Å². The monoisotopic (exact) mass is 201 g/mol. The zero-order valence-corrected chi connectivity index (χ0v) is 9.88. The summed E-state index contributed by atoms with van der Waals surface area (Å²) in [6.45, 7) is 6.64. The van der Waals surface area contributed by atoms with Gasteiger partial charge in [-0.2, -0.15) is 5.26 Å². The number of unbranched alkanes of at least 4 members (excludes halogenated alkanes) is 1. The molecule has 0 aliphatic rings. The molecule has 0 aliphatic heterocycles. The minimum absolute atomic E-state index is 0.113. The molecule has 0 saturated carbocycles. The van der Waals surface area contributed by atoms with Crippen molar-refractivity contribution < 1.29 is 0 Å². The van der Waals surface area contributed by atoms with Crippen molar-refractivity contribution in [3.05, 3.63) is 35.4 Å². The zero-order chi connectivity index (χ0) is 11.3. The molecular formula is C14H19N. The van der Waals surface area contributed by atoms with E-state index in [-0.39, 0.29) is 5.41 Å². The second kappa shape index (κ2) is 4.98. The van der Waals surface area contributed by atoms with E-state index in [0.29, 0.717) is 0 Å². The van der Waals surface area contributed by atoms with Crippen molar-refractivity contribution in [3.63, 3.8) is 0 Å². The van der Waals surface area contributed by atoms with Crippen LogP contribution in [-0.2, 0) is 5.41 Å². The van der Waals surface area contributed by atoms with Gasteiger partial charge in [0.1, 0.15) is 0 Å². The van der Waals surface area contributed by atoms with Gasteiger partial charge in [0.15, 0.2) is 0 Å². The van der Waals surface area contributed by atoms with Crippen molar-refractivity contribution in [2.24, 2.45) is 0 Å². The highest BCUT2D eigenvalue weighted by molar-refractivity contribution is 5.41. The van der Waals surface area contributed by atoms with E-state index in [1.807, 2.05) is 18.2 Å². The van der Waals surface area contributed by atoms with Gasteiger partial charge in [0.25, 0.3) is 0 Å². The zero-order valence-electron chi connectivity index (χ0n) is 9.88. The maximum atomic E-state index is 9.06. The van der Waals surface area contributed by atoms with E-state index in [0.717, 1.165) is 12.0 Å². The average Bonchev–Trinajstić information content (AvgIpc) is 2.26. The number of hydrogen-bond acceptors (Lipinski definition) is 1. The van der Waals surface area contributed by atoms with Crippen molar-refractivity contribution in [2.75, 3.05) is 0 Å². The normalized spacial score (nSPS) is 11.1. The molecule has 0 bridgehead atoms. The van der Waals surface area contributed by atoms with E-state index >= 15 is 0 Å². The molecule has 1 aromatic rings. The molecular weight excluding hydrogens is 182 g/mol. The lowest BCUT2D eigenvalue weighted by Gasteiger charge is -2.26. The van der Waals surface area contributed by atoms with Gasteiger partial charge in [0, 0.05) is 0 Å². The van der Waals surface area contributed by atoms with Crippen molar-refractivity contribution >= 4 is 0 Å². The summed E-state index contributed by atoms with van der Waals surface area (Å²) in [6.07, 6.45) is 3.56. The maximum Gasteiger partial charge on any atom is 0.0994 e. The smallest absolute Gasteiger partial charge is 0.0994 e. The summed E-state index contributed by atoms with van der Waals surface area (Å²) in [6, 6.07) is 10.2. The molecule has 1 rings (SSSR count). The van der Waals surface area contributed by atoms with E-state index < -0.39 is 0 Å². The molecule has 0 fully saturated rings. The molecule has 1 nitrogen and oxygen atoms in total. The summed E-state index contributed by atoms with van der Waals surface area (Å²) in [5, 5.41) is 9.06. The Hall–Kier alpha value is -1.29. The van der Waals surface area contributed by atoms with E-state index in [1.54, 1.807) is 0 Å². The fourth-order valence-corrected chi connectivity index (χ4v) is 1.92. The van der Waals surface area contributed by atoms with Crippen LogP contribution in [0.4, 0.5) is 0 Å². The number of nitrogens with zero attached hydrogens (tertiary/aromatic N) is 1. The Balaban J connectivity index is 2.99. The van der Waals surface area contributed by atoms with Crippen LogP contribution in [0, 0.1) is 11.3 Å². The summed E-state index contributed by atoms with van der Waals surface area (Å²) in [4.78, 5) is 0. The van der Waals surface area contributed by atoms with Gasteiger partial charge >= 0.3 is 0 Å². The van der Waals surface area contributed by atoms with Gasteiger partial charge in [-0.15, -0.1) is 0 Å². The lowest BCUT2D eigenvalue weighted by Crippen LogP contribution is -2.18. The summed E-state index contributed by atoms with van der Waals surface area (Å²) >= 11 is 0. The van der Waals surface area contributed by atoms with Gasteiger partial charge < -0.3 is 0 Å². The fourth-order valence-electron chi connectivity index (χ4n) is 1.92. The first kappa shape index (κ1) is 11.8. The van der Waals surface area contributed by atoms with Crippen molar-refractivity contribution in [1.29, 1.82) is 5.26 Å². The van der Waals surface area contributed by atoms with Crippen molar-refractivity contribution in [2.45, 2.75) is 45.4 Å². The maximum absolute atomic E-state index is 9.06. The van der Waals surface area contributed by atoms with Crippen LogP contribution in [0.3, 0.4) is 0 Å². The van der Waals surface area contributed by atoms with Crippen LogP contribution in [0.5, 0.6) is 0 Å². The second-order valence-electron chi connectivity index (χ2n) is 4.64. The molecule has 0 heterocycles. The summed E-state index contributed by atoms with van der Waals surface area (Å²) < 4.78 is 0. The first-order valence-electron chi connectivity index (χ1n) is 5.61. The molecule has 0 radical (unpaired) electrons. The summed E-state index contributed by atoms with van der Waals surface area (Å²) in [5.74, 6) is 0. The summed E-state index contributed by atoms with van der Waals surface area (Å²) in [5.41, 5.74) is 2.11. The molecule has 15 heavy (non-hydrogen) atoms. The Morgan fingerprint density at radius 2 is 1.93 bits per heavy atom. The minimum atomic E-state index is 0.113. The fraction of sp³-hybridized carbons (Fsp3) is 0.500. The van der Waals surface area contributed by atoms with E-state index in [1.165, 1.54) is 18.4 Å². The molecule has 0 amide bonds. The molecule has 0 spiro atoms. The van der Waals surface area contributed by atoms with Gasteiger partial charge in [-0.05, 0) is 23.5 Å². The molecule has 0 saturated heterocycles. The van der Waals surface area contributed by atoms with Crippen molar-refractivity contribution in [1.82, 2.24) is 0 Å². The standard InChI is InChI=1S/C14H19N/c1-4-5-10-14(2,3)13-9-7-6-8-12(13)11-15/h6-9H,4-5,10H2,1-3H3. The Bertz CT molecular complexity index is 358. The Labute approximate surface area is 92.7 Å². The van der Waals surface area contributed by atoms with Crippen molar-refractivity contribution in [3.8, 4) is 6.07 Å². The molecule has 0 N–H and O–H groups in total. The minimum Gasteiger partial charge on any atom is -0.192 e. The lowest BCUT2D eigenvalue weighted by molar-refractivity contribution is 0.457. The number of hydrogen-bond donors (Lipinski definition) is 0. The van der Waals surface area contributed by atoms with E-state index in [9.17, 15) is 0 Å². The Morgan fingerprint density at radius 3 is 2.53 bits per heavy atom. The second-order valence-corrected chi connectivity index (χ2v) is 4.64. The molecule has 1 heteroatoms. The number of rotatable bonds is 4. The van der Waals surface area contributed by atoms with Gasteiger partial charge in [-0.3, -0.25) is 0 Å². The van der Waals surface area contributed by atoms with Crippen LogP contribution in [-0.4, -0.2) is 0 Å². The topological polar surface area (TPSA) is 23.8 Å². The van der Waals surface area contributed by atoms with Crippen LogP contribution in [0.15, 0.2) is 24.3 Å². The van der Waals surface area contributed by atoms with Crippen LogP contribution in [0.2, 0.25) is 0 Å². The Morgan fingerprint density at radius 1 is 1.27 bits per heavy atom. The number of benzene rings is 1. The largest absolute Gasteiger partial charge is 0.192 e. The molecule has 80 valence electrons. The first-order chi connectivity index (χ1) is 7.11. The molecule has 0 atom stereocenters. The van der Waals surface area contributed by atoms with Crippen LogP contribution in [0.25, 0.3) is 0 Å². The molecule has 1 aromatic carbocycles. The Kier molecular flexibility index (Phi) is 3.91. The predicted molar refractivity (Wildman–Crippen MR) is 63.7 cm³/mol. The highest BCUT2D eigenvalue weighted by Gasteiger charge is 2.22. The lowest BCUT2D eigenvalue weighted by atomic mass is 9.78. The van der Waals surface area contributed by atoms with Gasteiger partial charge in [0.2, 0.25) is 0 Å². The molecule has 0 unspecified atom stereocenters. The third-order valence-electron chi connectivity index (χ3n) is 2.93. The predicted octanol–water partition coefficient (Wildman–Crippen LogP) is 4.03. The summed E-state index contributed by atoms with van der Waals surface area (Å²) in [7, 11) is 0. The van der Waals surface area contributed by atoms with Crippen LogP contribution in [0.1, 0.15) is 51.2 Å². The van der Waals surface area contributed by atoms with Gasteiger partial charge in [-0.25, -0.2) is 0 Å². The highest BCUT2D eigenvalue weighted by Crippen LogP contribution is 2.31. The number of nitriles is 1. The highest BCUT2D eigenvalue weighted by atomic mass is 14.3. The van der Waals surface area contributed by atoms with Crippen LogP contribution >= 0.6 is 0 Å². The third kappa shape index (κ3) is 2.83. The first-order valence-corrected chi connectivity index (χ1v) is 5.61. The molecule has 0 aliphatic carbocycles. The quantitative estimate of drug-likeness (QED) is 0.721.